The van der Waals surface area contributed by atoms with Crippen molar-refractivity contribution >= 4 is 29.4 Å². The number of nitro groups is 1. The molecular weight excluding hydrogens is 296 g/mol. The van der Waals surface area contributed by atoms with Crippen LogP contribution in [0.1, 0.15) is 15.9 Å². The highest BCUT2D eigenvalue weighted by Gasteiger charge is 2.08. The number of hydrogen-bond donors (Lipinski definition) is 1. The van der Waals surface area contributed by atoms with Gasteiger partial charge in [0.2, 0.25) is 0 Å². The van der Waals surface area contributed by atoms with Gasteiger partial charge in [0.1, 0.15) is 0 Å². The number of nitrogens with zero attached hydrogens (tertiary/aromatic N) is 3. The monoisotopic (exact) mass is 304 g/mol. The molecule has 0 aliphatic carbocycles. The Morgan fingerprint density at radius 3 is 2.71 bits per heavy atom. The fourth-order valence-electron chi connectivity index (χ4n) is 1.47. The largest absolute Gasteiger partial charge is 0.271 e. The van der Waals surface area contributed by atoms with Crippen molar-refractivity contribution in [2.45, 2.75) is 0 Å². The van der Waals surface area contributed by atoms with Crippen molar-refractivity contribution in [1.29, 1.82) is 0 Å². The summed E-state index contributed by atoms with van der Waals surface area (Å²) in [4.78, 5) is 25.6. The lowest BCUT2D eigenvalue weighted by Crippen LogP contribution is -2.17. The van der Waals surface area contributed by atoms with E-state index in [2.05, 4.69) is 15.5 Å². The second-order valence-corrected chi connectivity index (χ2v) is 4.31. The van der Waals surface area contributed by atoms with E-state index in [1.54, 1.807) is 0 Å². The van der Waals surface area contributed by atoms with Gasteiger partial charge < -0.3 is 0 Å². The van der Waals surface area contributed by atoms with E-state index in [-0.39, 0.29) is 5.69 Å². The van der Waals surface area contributed by atoms with Crippen LogP contribution >= 0.6 is 11.6 Å². The average molecular weight is 305 g/mol. The summed E-state index contributed by atoms with van der Waals surface area (Å²) in [7, 11) is 0. The Bertz CT molecular complexity index is 704. The van der Waals surface area contributed by atoms with Gasteiger partial charge in [-0.05, 0) is 18.2 Å². The van der Waals surface area contributed by atoms with Gasteiger partial charge in [-0.15, -0.1) is 0 Å². The Hall–Kier alpha value is -2.80. The number of carbonyl (C=O) groups excluding carboxylic acids is 1. The van der Waals surface area contributed by atoms with Crippen LogP contribution in [0.25, 0.3) is 0 Å². The van der Waals surface area contributed by atoms with Gasteiger partial charge >= 0.3 is 0 Å². The molecule has 1 amide bonds. The minimum Gasteiger partial charge on any atom is -0.267 e. The van der Waals surface area contributed by atoms with Crippen LogP contribution in [-0.2, 0) is 0 Å². The summed E-state index contributed by atoms with van der Waals surface area (Å²) in [5.41, 5.74) is 2.92. The van der Waals surface area contributed by atoms with Crippen molar-refractivity contribution in [2.75, 3.05) is 0 Å². The van der Waals surface area contributed by atoms with E-state index >= 15 is 0 Å². The Balaban J connectivity index is 2.10. The zero-order chi connectivity index (χ0) is 15.2. The third-order valence-corrected chi connectivity index (χ3v) is 2.85. The third-order valence-electron chi connectivity index (χ3n) is 2.50. The molecule has 0 radical (unpaired) electrons. The van der Waals surface area contributed by atoms with Crippen LogP contribution in [0, 0.1) is 10.1 Å². The number of rotatable bonds is 4. The van der Waals surface area contributed by atoms with E-state index in [1.165, 1.54) is 48.9 Å². The lowest BCUT2D eigenvalue weighted by atomic mass is 10.2. The highest BCUT2D eigenvalue weighted by molar-refractivity contribution is 6.33. The van der Waals surface area contributed by atoms with Crippen LogP contribution < -0.4 is 5.43 Å². The minimum atomic E-state index is -0.538. The normalized spacial score (nSPS) is 10.5. The van der Waals surface area contributed by atoms with Gasteiger partial charge in [0.05, 0.1) is 11.1 Å². The maximum atomic E-state index is 11.7. The summed E-state index contributed by atoms with van der Waals surface area (Å²) < 4.78 is 0. The highest BCUT2D eigenvalue weighted by Crippen LogP contribution is 2.20. The Morgan fingerprint density at radius 1 is 1.33 bits per heavy atom. The quantitative estimate of drug-likeness (QED) is 0.533. The van der Waals surface area contributed by atoms with E-state index in [4.69, 9.17) is 11.6 Å². The number of nitrogens with one attached hydrogen (secondary N) is 1. The van der Waals surface area contributed by atoms with Gasteiger partial charge in [0.25, 0.3) is 11.6 Å². The van der Waals surface area contributed by atoms with Crippen LogP contribution in [0.2, 0.25) is 5.02 Å². The lowest BCUT2D eigenvalue weighted by molar-refractivity contribution is -0.384. The third kappa shape index (κ3) is 3.83. The number of hydrazone groups is 1. The molecule has 0 saturated carbocycles. The molecule has 0 unspecified atom stereocenters. The molecule has 1 aromatic heterocycles. The van der Waals surface area contributed by atoms with Crippen molar-refractivity contribution in [2.24, 2.45) is 5.10 Å². The highest BCUT2D eigenvalue weighted by atomic mass is 35.5. The molecular formula is C13H9ClN4O3. The molecule has 1 N–H and O–H groups in total. The first-order valence-corrected chi connectivity index (χ1v) is 6.13. The summed E-state index contributed by atoms with van der Waals surface area (Å²) in [5, 5.41) is 14.7. The van der Waals surface area contributed by atoms with Gasteiger partial charge in [-0.3, -0.25) is 19.9 Å². The minimum absolute atomic E-state index is 0.110. The predicted molar refractivity (Wildman–Crippen MR) is 77.4 cm³/mol. The summed E-state index contributed by atoms with van der Waals surface area (Å²) in [5.74, 6) is -0.421. The maximum Gasteiger partial charge on any atom is 0.271 e. The summed E-state index contributed by atoms with van der Waals surface area (Å²) >= 11 is 5.90. The number of non-ortho nitro benzene ring substituents is 1. The van der Waals surface area contributed by atoms with Crippen LogP contribution in [0.3, 0.4) is 0 Å². The van der Waals surface area contributed by atoms with Crippen molar-refractivity contribution < 1.29 is 9.72 Å². The Morgan fingerprint density at radius 2 is 2.05 bits per heavy atom. The Kier molecular flexibility index (Phi) is 4.57. The molecule has 7 nitrogen and oxygen atoms in total. The molecule has 0 aliphatic rings. The van der Waals surface area contributed by atoms with Crippen molar-refractivity contribution in [1.82, 2.24) is 10.4 Å². The van der Waals surface area contributed by atoms with Gasteiger partial charge in [0, 0.05) is 40.7 Å². The molecule has 21 heavy (non-hydrogen) atoms. The first-order valence-electron chi connectivity index (χ1n) is 5.75. The molecule has 2 aromatic rings. The van der Waals surface area contributed by atoms with Crippen LogP contribution in [-0.4, -0.2) is 22.0 Å². The number of hydrogen-bond acceptors (Lipinski definition) is 5. The molecule has 106 valence electrons. The molecule has 0 spiro atoms. The second kappa shape index (κ2) is 6.58. The zero-order valence-electron chi connectivity index (χ0n) is 10.6. The number of amides is 1. The van der Waals surface area contributed by atoms with Gasteiger partial charge in [-0.2, -0.15) is 5.10 Å². The van der Waals surface area contributed by atoms with E-state index < -0.39 is 10.8 Å². The predicted octanol–water partition coefficient (Wildman–Crippen LogP) is 2.41. The van der Waals surface area contributed by atoms with E-state index in [1.807, 2.05) is 0 Å². The van der Waals surface area contributed by atoms with Crippen LogP contribution in [0.15, 0.2) is 47.8 Å². The molecule has 1 aromatic carbocycles. The molecule has 8 heteroatoms. The van der Waals surface area contributed by atoms with Gasteiger partial charge in [0.15, 0.2) is 0 Å². The molecule has 0 saturated heterocycles. The fraction of sp³-hybridized carbons (Fsp3) is 0. The number of carbonyl (C=O) groups is 1. The van der Waals surface area contributed by atoms with Crippen LogP contribution in [0.5, 0.6) is 0 Å². The lowest BCUT2D eigenvalue weighted by Gasteiger charge is -2.00. The van der Waals surface area contributed by atoms with E-state index in [0.717, 1.165) is 0 Å². The average Bonchev–Trinajstić information content (AvgIpc) is 2.49. The summed E-state index contributed by atoms with van der Waals surface area (Å²) in [6, 6.07) is 7.02. The van der Waals surface area contributed by atoms with Gasteiger partial charge in [-0.25, -0.2) is 5.43 Å². The topological polar surface area (TPSA) is 97.5 Å². The smallest absolute Gasteiger partial charge is 0.267 e. The summed E-state index contributed by atoms with van der Waals surface area (Å²) in [6.07, 6.45) is 4.21. The molecule has 0 atom stereocenters. The first-order chi connectivity index (χ1) is 10.1. The number of pyridine rings is 1. The van der Waals surface area contributed by atoms with Crippen molar-refractivity contribution in [3.63, 3.8) is 0 Å². The zero-order valence-corrected chi connectivity index (χ0v) is 11.3. The second-order valence-electron chi connectivity index (χ2n) is 3.90. The molecule has 1 heterocycles. The number of aromatic nitrogens is 1. The van der Waals surface area contributed by atoms with Crippen molar-refractivity contribution in [3.05, 3.63) is 69.0 Å². The first kappa shape index (κ1) is 14.6. The molecule has 2 rings (SSSR count). The summed E-state index contributed by atoms with van der Waals surface area (Å²) in [6.45, 7) is 0. The van der Waals surface area contributed by atoms with E-state index in [9.17, 15) is 14.9 Å². The molecule has 0 aliphatic heterocycles. The van der Waals surface area contributed by atoms with Crippen molar-refractivity contribution in [3.8, 4) is 0 Å². The maximum absolute atomic E-state index is 11.7. The fourth-order valence-corrected chi connectivity index (χ4v) is 1.64. The number of halogens is 1. The van der Waals surface area contributed by atoms with Gasteiger partial charge in [-0.1, -0.05) is 11.6 Å². The van der Waals surface area contributed by atoms with E-state index in [0.29, 0.717) is 16.1 Å². The standard InChI is InChI=1S/C13H9ClN4O3/c14-12-2-1-11(18(20)21)7-10(12)8-16-17-13(19)9-3-5-15-6-4-9/h1-8H,(H,17,19). The molecule has 0 bridgehead atoms. The number of nitro benzene ring substituents is 1. The number of benzene rings is 1. The molecule has 0 fully saturated rings. The SMILES string of the molecule is O=C(NN=Cc1cc([N+](=O)[O-])ccc1Cl)c1ccncc1. The Labute approximate surface area is 124 Å². The van der Waals surface area contributed by atoms with Crippen LogP contribution in [0.4, 0.5) is 5.69 Å².